The number of aliphatic hydroxyl groups is 1. The lowest BCUT2D eigenvalue weighted by molar-refractivity contribution is -0.153. The summed E-state index contributed by atoms with van der Waals surface area (Å²) >= 11 is 0. The Morgan fingerprint density at radius 3 is 2.55 bits per heavy atom. The van der Waals surface area contributed by atoms with Crippen LogP contribution in [-0.4, -0.2) is 51.6 Å². The molecule has 152 valence electrons. The third-order valence-electron chi connectivity index (χ3n) is 6.27. The molecule has 0 saturated carbocycles. The van der Waals surface area contributed by atoms with Gasteiger partial charge < -0.3 is 10.2 Å². The van der Waals surface area contributed by atoms with Gasteiger partial charge in [0.1, 0.15) is 0 Å². The highest BCUT2D eigenvalue weighted by Crippen LogP contribution is 2.49. The van der Waals surface area contributed by atoms with Crippen molar-refractivity contribution in [1.82, 2.24) is 10.2 Å². The number of carbonyl (C=O) groups excluding carboxylic acids is 2. The van der Waals surface area contributed by atoms with Crippen molar-refractivity contribution in [3.63, 3.8) is 0 Å². The summed E-state index contributed by atoms with van der Waals surface area (Å²) in [5.74, 6) is -4.21. The van der Waals surface area contributed by atoms with E-state index in [-0.39, 0.29) is 12.5 Å². The van der Waals surface area contributed by atoms with E-state index in [0.717, 1.165) is 22.8 Å². The van der Waals surface area contributed by atoms with Crippen molar-refractivity contribution < 1.29 is 24.6 Å². The SMILES string of the molecule is CCCCN1C(=O)C2C(c3cccc4ccccc34)NC(CO)(C(=O)O)C2C1=O. The normalized spacial score (nSPS) is 28.9. The molecule has 4 unspecified atom stereocenters. The first kappa shape index (κ1) is 19.5. The van der Waals surface area contributed by atoms with Crippen LogP contribution >= 0.6 is 0 Å². The van der Waals surface area contributed by atoms with E-state index < -0.39 is 41.9 Å². The highest BCUT2D eigenvalue weighted by molar-refractivity contribution is 6.09. The number of carboxylic acids is 1. The topological polar surface area (TPSA) is 107 Å². The Balaban J connectivity index is 1.86. The zero-order chi connectivity index (χ0) is 20.8. The van der Waals surface area contributed by atoms with Crippen LogP contribution in [0, 0.1) is 11.8 Å². The fraction of sp³-hybridized carbons (Fsp3) is 0.409. The van der Waals surface area contributed by atoms with Crippen LogP contribution in [0.4, 0.5) is 0 Å². The Morgan fingerprint density at radius 1 is 1.14 bits per heavy atom. The molecule has 0 bridgehead atoms. The second-order valence-electron chi connectivity index (χ2n) is 7.81. The molecule has 7 heteroatoms. The Kier molecular flexibility index (Phi) is 4.88. The quantitative estimate of drug-likeness (QED) is 0.642. The summed E-state index contributed by atoms with van der Waals surface area (Å²) < 4.78 is 0. The van der Waals surface area contributed by atoms with Gasteiger partial charge in [0.25, 0.3) is 0 Å². The van der Waals surface area contributed by atoms with E-state index in [9.17, 15) is 24.6 Å². The Bertz CT molecular complexity index is 985. The van der Waals surface area contributed by atoms with Crippen molar-refractivity contribution in [1.29, 1.82) is 0 Å². The summed E-state index contributed by atoms with van der Waals surface area (Å²) in [6, 6.07) is 12.6. The molecular weight excluding hydrogens is 372 g/mol. The van der Waals surface area contributed by atoms with E-state index in [4.69, 9.17) is 0 Å². The molecule has 2 heterocycles. The highest BCUT2D eigenvalue weighted by Gasteiger charge is 2.68. The molecular formula is C22H24N2O5. The number of amides is 2. The third kappa shape index (κ3) is 2.76. The summed E-state index contributed by atoms with van der Waals surface area (Å²) in [6.07, 6.45) is 1.46. The van der Waals surface area contributed by atoms with Gasteiger partial charge in [0.15, 0.2) is 5.54 Å². The van der Waals surface area contributed by atoms with Gasteiger partial charge in [-0.2, -0.15) is 0 Å². The lowest BCUT2D eigenvalue weighted by Crippen LogP contribution is -2.58. The average molecular weight is 396 g/mol. The second-order valence-corrected chi connectivity index (χ2v) is 7.81. The molecule has 0 radical (unpaired) electrons. The van der Waals surface area contributed by atoms with Gasteiger partial charge in [-0.3, -0.25) is 24.6 Å². The van der Waals surface area contributed by atoms with Gasteiger partial charge in [-0.1, -0.05) is 55.8 Å². The fourth-order valence-corrected chi connectivity index (χ4v) is 4.80. The largest absolute Gasteiger partial charge is 0.480 e. The van der Waals surface area contributed by atoms with E-state index in [2.05, 4.69) is 5.32 Å². The number of fused-ring (bicyclic) bond motifs is 2. The lowest BCUT2D eigenvalue weighted by atomic mass is 9.79. The van der Waals surface area contributed by atoms with Gasteiger partial charge in [-0.05, 0) is 22.8 Å². The number of aliphatic hydroxyl groups excluding tert-OH is 1. The molecule has 2 saturated heterocycles. The predicted molar refractivity (Wildman–Crippen MR) is 106 cm³/mol. The van der Waals surface area contributed by atoms with Crippen LogP contribution in [0.15, 0.2) is 42.5 Å². The van der Waals surface area contributed by atoms with Crippen molar-refractivity contribution >= 4 is 28.6 Å². The van der Waals surface area contributed by atoms with Crippen LogP contribution in [0.5, 0.6) is 0 Å². The maximum Gasteiger partial charge on any atom is 0.327 e. The standard InChI is InChI=1S/C22H24N2O5/c1-2-3-11-24-19(26)16-17(20(24)27)22(12-25,21(28)29)23-18(16)15-10-6-8-13-7-4-5-9-14(13)15/h4-10,16-18,23,25H,2-3,11-12H2,1H3,(H,28,29). The summed E-state index contributed by atoms with van der Waals surface area (Å²) in [7, 11) is 0. The molecule has 3 N–H and O–H groups in total. The number of rotatable bonds is 6. The molecule has 29 heavy (non-hydrogen) atoms. The Labute approximate surface area is 168 Å². The summed E-state index contributed by atoms with van der Waals surface area (Å²) in [5, 5.41) is 24.8. The summed E-state index contributed by atoms with van der Waals surface area (Å²) in [6.45, 7) is 1.46. The number of nitrogens with one attached hydrogen (secondary N) is 1. The van der Waals surface area contributed by atoms with Gasteiger partial charge in [-0.25, -0.2) is 0 Å². The number of likely N-dealkylation sites (tertiary alicyclic amines) is 1. The zero-order valence-corrected chi connectivity index (χ0v) is 16.2. The third-order valence-corrected chi connectivity index (χ3v) is 6.27. The van der Waals surface area contributed by atoms with Crippen molar-refractivity contribution in [2.45, 2.75) is 31.3 Å². The molecule has 2 aromatic rings. The van der Waals surface area contributed by atoms with Crippen LogP contribution in [-0.2, 0) is 14.4 Å². The summed E-state index contributed by atoms with van der Waals surface area (Å²) in [4.78, 5) is 39.7. The van der Waals surface area contributed by atoms with Crippen LogP contribution in [0.1, 0.15) is 31.4 Å². The van der Waals surface area contributed by atoms with Gasteiger partial charge in [0.2, 0.25) is 11.8 Å². The number of carbonyl (C=O) groups is 3. The lowest BCUT2D eigenvalue weighted by Gasteiger charge is -2.29. The van der Waals surface area contributed by atoms with Crippen LogP contribution in [0.25, 0.3) is 10.8 Å². The Hall–Kier alpha value is -2.77. The van der Waals surface area contributed by atoms with E-state index in [1.807, 2.05) is 49.4 Å². The zero-order valence-electron chi connectivity index (χ0n) is 16.2. The van der Waals surface area contributed by atoms with E-state index in [1.165, 1.54) is 4.90 Å². The van der Waals surface area contributed by atoms with E-state index >= 15 is 0 Å². The van der Waals surface area contributed by atoms with Crippen molar-refractivity contribution in [3.05, 3.63) is 48.0 Å². The molecule has 4 atom stereocenters. The molecule has 2 aromatic carbocycles. The Morgan fingerprint density at radius 2 is 1.86 bits per heavy atom. The molecule has 2 fully saturated rings. The number of imide groups is 1. The first-order valence-corrected chi connectivity index (χ1v) is 9.91. The average Bonchev–Trinajstić information content (AvgIpc) is 3.21. The smallest absolute Gasteiger partial charge is 0.327 e. The number of nitrogens with zero attached hydrogens (tertiary/aromatic N) is 1. The number of benzene rings is 2. The predicted octanol–water partition coefficient (Wildman–Crippen LogP) is 1.70. The second kappa shape index (κ2) is 7.24. The number of aliphatic carboxylic acids is 1. The molecule has 2 aliphatic heterocycles. The summed E-state index contributed by atoms with van der Waals surface area (Å²) in [5.41, 5.74) is -1.13. The molecule has 2 amide bonds. The minimum atomic E-state index is -1.89. The number of hydrogen-bond donors (Lipinski definition) is 3. The first-order chi connectivity index (χ1) is 14.0. The molecule has 0 aliphatic carbocycles. The van der Waals surface area contributed by atoms with Crippen molar-refractivity contribution in [3.8, 4) is 0 Å². The fourth-order valence-electron chi connectivity index (χ4n) is 4.80. The first-order valence-electron chi connectivity index (χ1n) is 9.91. The van der Waals surface area contributed by atoms with Gasteiger partial charge >= 0.3 is 5.97 Å². The minimum Gasteiger partial charge on any atom is -0.480 e. The monoisotopic (exact) mass is 396 g/mol. The van der Waals surface area contributed by atoms with E-state index in [0.29, 0.717) is 6.42 Å². The number of unbranched alkanes of at least 4 members (excludes halogenated alkanes) is 1. The van der Waals surface area contributed by atoms with E-state index in [1.54, 1.807) is 0 Å². The van der Waals surface area contributed by atoms with Crippen molar-refractivity contribution in [2.24, 2.45) is 11.8 Å². The maximum atomic E-state index is 13.2. The molecule has 2 aliphatic rings. The van der Waals surface area contributed by atoms with Crippen LogP contribution in [0.2, 0.25) is 0 Å². The molecule has 4 rings (SSSR count). The highest BCUT2D eigenvalue weighted by atomic mass is 16.4. The molecule has 7 nitrogen and oxygen atoms in total. The minimum absolute atomic E-state index is 0.268. The van der Waals surface area contributed by atoms with Gasteiger partial charge in [0, 0.05) is 12.6 Å². The van der Waals surface area contributed by atoms with Gasteiger partial charge in [-0.15, -0.1) is 0 Å². The molecule has 0 aromatic heterocycles. The van der Waals surface area contributed by atoms with Crippen LogP contribution in [0.3, 0.4) is 0 Å². The number of hydrogen-bond acceptors (Lipinski definition) is 5. The maximum absolute atomic E-state index is 13.2. The number of carboxylic acid groups (broad SMARTS) is 1. The van der Waals surface area contributed by atoms with Gasteiger partial charge in [0.05, 0.1) is 18.4 Å². The molecule has 0 spiro atoms. The van der Waals surface area contributed by atoms with Crippen molar-refractivity contribution in [2.75, 3.05) is 13.2 Å². The van der Waals surface area contributed by atoms with Crippen LogP contribution < -0.4 is 5.32 Å².